The molecule has 0 radical (unpaired) electrons. The van der Waals surface area contributed by atoms with Crippen LogP contribution in [0.4, 0.5) is 0 Å². The van der Waals surface area contributed by atoms with Crippen LogP contribution in [0.25, 0.3) is 0 Å². The lowest BCUT2D eigenvalue weighted by Crippen LogP contribution is -2.31. The first-order valence-electron chi connectivity index (χ1n) is 6.86. The Morgan fingerprint density at radius 2 is 1.86 bits per heavy atom. The first-order valence-corrected chi connectivity index (χ1v) is 6.86. The molecule has 1 atom stereocenters. The Morgan fingerprint density at radius 1 is 1.14 bits per heavy atom. The summed E-state index contributed by atoms with van der Waals surface area (Å²) in [5.74, 6) is -0.952. The number of rotatable bonds is 6. The molecule has 0 fully saturated rings. The molecular formula is C17H17NO4. The number of aromatic carboxylic acids is 1. The Bertz CT molecular complexity index is 655. The SMILES string of the molecule is C[C@H](NC(=O)COc1cccc(C(=O)O)c1)c1ccccc1. The van der Waals surface area contributed by atoms with Crippen LogP contribution in [0.5, 0.6) is 5.75 Å². The van der Waals surface area contributed by atoms with Gasteiger partial charge in [-0.05, 0) is 30.7 Å². The minimum absolute atomic E-state index is 0.121. The number of ether oxygens (including phenoxy) is 1. The average Bonchev–Trinajstić information content (AvgIpc) is 2.54. The second-order valence-electron chi connectivity index (χ2n) is 4.82. The highest BCUT2D eigenvalue weighted by Gasteiger charge is 2.10. The Hall–Kier alpha value is -2.82. The van der Waals surface area contributed by atoms with E-state index >= 15 is 0 Å². The minimum Gasteiger partial charge on any atom is -0.484 e. The molecule has 0 aliphatic heterocycles. The van der Waals surface area contributed by atoms with E-state index in [0.717, 1.165) is 5.56 Å². The number of benzene rings is 2. The monoisotopic (exact) mass is 299 g/mol. The molecule has 0 saturated carbocycles. The van der Waals surface area contributed by atoms with Crippen LogP contribution in [0.15, 0.2) is 54.6 Å². The van der Waals surface area contributed by atoms with Crippen LogP contribution in [0.1, 0.15) is 28.9 Å². The summed E-state index contributed by atoms with van der Waals surface area (Å²) in [6, 6.07) is 15.5. The molecular weight excluding hydrogens is 282 g/mol. The molecule has 0 spiro atoms. The quantitative estimate of drug-likeness (QED) is 0.859. The van der Waals surface area contributed by atoms with E-state index in [1.165, 1.54) is 12.1 Å². The lowest BCUT2D eigenvalue weighted by molar-refractivity contribution is -0.123. The molecule has 0 saturated heterocycles. The summed E-state index contributed by atoms with van der Waals surface area (Å²) in [6.07, 6.45) is 0. The summed E-state index contributed by atoms with van der Waals surface area (Å²) in [6.45, 7) is 1.72. The van der Waals surface area contributed by atoms with Crippen LogP contribution in [0.2, 0.25) is 0 Å². The van der Waals surface area contributed by atoms with Gasteiger partial charge in [0.1, 0.15) is 5.75 Å². The van der Waals surface area contributed by atoms with Gasteiger partial charge in [-0.1, -0.05) is 36.4 Å². The van der Waals surface area contributed by atoms with Crippen molar-refractivity contribution < 1.29 is 19.4 Å². The van der Waals surface area contributed by atoms with E-state index in [0.29, 0.717) is 5.75 Å². The Labute approximate surface area is 128 Å². The van der Waals surface area contributed by atoms with Gasteiger partial charge in [0.2, 0.25) is 0 Å². The predicted molar refractivity (Wildman–Crippen MR) is 81.9 cm³/mol. The van der Waals surface area contributed by atoms with Crippen molar-refractivity contribution in [2.24, 2.45) is 0 Å². The minimum atomic E-state index is -1.03. The average molecular weight is 299 g/mol. The van der Waals surface area contributed by atoms with Crippen LogP contribution in [0.3, 0.4) is 0 Å². The van der Waals surface area contributed by atoms with Crippen molar-refractivity contribution in [3.63, 3.8) is 0 Å². The van der Waals surface area contributed by atoms with Crippen molar-refractivity contribution in [3.05, 3.63) is 65.7 Å². The van der Waals surface area contributed by atoms with E-state index in [-0.39, 0.29) is 24.1 Å². The summed E-state index contributed by atoms with van der Waals surface area (Å²) < 4.78 is 5.32. The molecule has 0 unspecified atom stereocenters. The number of hydrogen-bond donors (Lipinski definition) is 2. The van der Waals surface area contributed by atoms with Gasteiger partial charge < -0.3 is 15.2 Å². The third-order valence-electron chi connectivity index (χ3n) is 3.13. The number of nitrogens with one attached hydrogen (secondary N) is 1. The molecule has 114 valence electrons. The molecule has 5 nitrogen and oxygen atoms in total. The summed E-state index contributed by atoms with van der Waals surface area (Å²) in [5.41, 5.74) is 1.12. The molecule has 0 heterocycles. The lowest BCUT2D eigenvalue weighted by atomic mass is 10.1. The lowest BCUT2D eigenvalue weighted by Gasteiger charge is -2.14. The second kappa shape index (κ2) is 7.26. The van der Waals surface area contributed by atoms with Crippen molar-refractivity contribution in [2.45, 2.75) is 13.0 Å². The van der Waals surface area contributed by atoms with Crippen molar-refractivity contribution in [2.75, 3.05) is 6.61 Å². The maximum Gasteiger partial charge on any atom is 0.335 e. The predicted octanol–water partition coefficient (Wildman–Crippen LogP) is 2.64. The number of hydrogen-bond acceptors (Lipinski definition) is 3. The molecule has 2 rings (SSSR count). The van der Waals surface area contributed by atoms with Crippen LogP contribution in [-0.2, 0) is 4.79 Å². The fourth-order valence-corrected chi connectivity index (χ4v) is 1.98. The molecule has 2 aromatic carbocycles. The van der Waals surface area contributed by atoms with Gasteiger partial charge in [0.05, 0.1) is 11.6 Å². The first-order chi connectivity index (χ1) is 10.6. The number of amides is 1. The molecule has 0 bridgehead atoms. The first kappa shape index (κ1) is 15.6. The number of carboxylic acids is 1. The fourth-order valence-electron chi connectivity index (χ4n) is 1.98. The van der Waals surface area contributed by atoms with E-state index in [4.69, 9.17) is 9.84 Å². The van der Waals surface area contributed by atoms with Gasteiger partial charge in [0.15, 0.2) is 6.61 Å². The van der Waals surface area contributed by atoms with Crippen molar-refractivity contribution in [3.8, 4) is 5.75 Å². The zero-order valence-electron chi connectivity index (χ0n) is 12.2. The molecule has 2 aromatic rings. The van der Waals surface area contributed by atoms with Gasteiger partial charge in [-0.2, -0.15) is 0 Å². The highest BCUT2D eigenvalue weighted by molar-refractivity contribution is 5.88. The Balaban J connectivity index is 1.88. The van der Waals surface area contributed by atoms with Crippen molar-refractivity contribution in [1.29, 1.82) is 0 Å². The molecule has 22 heavy (non-hydrogen) atoms. The largest absolute Gasteiger partial charge is 0.484 e. The number of carboxylic acid groups (broad SMARTS) is 1. The van der Waals surface area contributed by atoms with Gasteiger partial charge in [0.25, 0.3) is 5.91 Å². The third-order valence-corrected chi connectivity index (χ3v) is 3.13. The van der Waals surface area contributed by atoms with E-state index in [2.05, 4.69) is 5.32 Å². The normalized spacial score (nSPS) is 11.5. The topological polar surface area (TPSA) is 75.6 Å². The maximum absolute atomic E-state index is 11.9. The van der Waals surface area contributed by atoms with Gasteiger partial charge in [-0.3, -0.25) is 4.79 Å². The molecule has 0 aliphatic carbocycles. The van der Waals surface area contributed by atoms with E-state index < -0.39 is 5.97 Å². The highest BCUT2D eigenvalue weighted by atomic mass is 16.5. The standard InChI is InChI=1S/C17H17NO4/c1-12(13-6-3-2-4-7-13)18-16(19)11-22-15-9-5-8-14(10-15)17(20)21/h2-10,12H,11H2,1H3,(H,18,19)(H,20,21)/t12-/m0/s1. The van der Waals surface area contributed by atoms with Crippen LogP contribution >= 0.6 is 0 Å². The van der Waals surface area contributed by atoms with Crippen LogP contribution < -0.4 is 10.1 Å². The zero-order valence-corrected chi connectivity index (χ0v) is 12.2. The zero-order chi connectivity index (χ0) is 15.9. The number of carbonyl (C=O) groups excluding carboxylic acids is 1. The van der Waals surface area contributed by atoms with Crippen molar-refractivity contribution >= 4 is 11.9 Å². The van der Waals surface area contributed by atoms with Gasteiger partial charge >= 0.3 is 5.97 Å². The molecule has 1 amide bonds. The van der Waals surface area contributed by atoms with Gasteiger partial charge in [-0.15, -0.1) is 0 Å². The van der Waals surface area contributed by atoms with Crippen molar-refractivity contribution in [1.82, 2.24) is 5.32 Å². The molecule has 0 aromatic heterocycles. The highest BCUT2D eigenvalue weighted by Crippen LogP contribution is 2.14. The Kier molecular flexibility index (Phi) is 5.14. The molecule has 2 N–H and O–H groups in total. The van der Waals surface area contributed by atoms with Gasteiger partial charge in [0, 0.05) is 0 Å². The second-order valence-corrected chi connectivity index (χ2v) is 4.82. The molecule has 0 aliphatic rings. The van der Waals surface area contributed by atoms with E-state index in [1.807, 2.05) is 37.3 Å². The maximum atomic E-state index is 11.9. The van der Waals surface area contributed by atoms with E-state index in [9.17, 15) is 9.59 Å². The fraction of sp³-hybridized carbons (Fsp3) is 0.176. The van der Waals surface area contributed by atoms with Gasteiger partial charge in [-0.25, -0.2) is 4.79 Å². The molecule has 5 heteroatoms. The summed E-state index contributed by atoms with van der Waals surface area (Å²) in [7, 11) is 0. The smallest absolute Gasteiger partial charge is 0.335 e. The summed E-state index contributed by atoms with van der Waals surface area (Å²) >= 11 is 0. The summed E-state index contributed by atoms with van der Waals surface area (Å²) in [5, 5.41) is 11.7. The third kappa shape index (κ3) is 4.34. The number of carbonyl (C=O) groups is 2. The van der Waals surface area contributed by atoms with Crippen LogP contribution in [-0.4, -0.2) is 23.6 Å². The Morgan fingerprint density at radius 3 is 2.55 bits per heavy atom. The summed E-state index contributed by atoms with van der Waals surface area (Å²) in [4.78, 5) is 22.7. The van der Waals surface area contributed by atoms with Crippen LogP contribution in [0, 0.1) is 0 Å². The van der Waals surface area contributed by atoms with E-state index in [1.54, 1.807) is 12.1 Å².